The van der Waals surface area contributed by atoms with Crippen LogP contribution in [0.25, 0.3) is 0 Å². The van der Waals surface area contributed by atoms with Crippen LogP contribution in [0.5, 0.6) is 0 Å². The third-order valence-corrected chi connectivity index (χ3v) is 9.08. The van der Waals surface area contributed by atoms with Crippen LogP contribution in [0.15, 0.2) is 76.5 Å². The van der Waals surface area contributed by atoms with Gasteiger partial charge in [-0.15, -0.1) is 0 Å². The molecule has 3 aromatic rings. The number of carbonyl (C=O) groups excluding carboxylic acids is 2. The third-order valence-electron chi connectivity index (χ3n) is 7.58. The number of nitrogens with one attached hydrogen (secondary N) is 1. The average molecular weight is 505 g/mol. The summed E-state index contributed by atoms with van der Waals surface area (Å²) in [6.07, 6.45) is 3.16. The molecule has 36 heavy (non-hydrogen) atoms. The quantitative estimate of drug-likeness (QED) is 0.495. The molecule has 0 spiro atoms. The lowest BCUT2D eigenvalue weighted by molar-refractivity contribution is 0.0889. The average Bonchev–Trinajstić information content (AvgIpc) is 2.97. The van der Waals surface area contributed by atoms with Crippen LogP contribution in [0.3, 0.4) is 0 Å². The van der Waals surface area contributed by atoms with Crippen molar-refractivity contribution in [3.8, 4) is 0 Å². The third kappa shape index (κ3) is 4.48. The Morgan fingerprint density at radius 1 is 1.03 bits per heavy atom. The Labute approximate surface area is 213 Å². The van der Waals surface area contributed by atoms with Crippen LogP contribution >= 0.6 is 0 Å². The van der Waals surface area contributed by atoms with Gasteiger partial charge in [-0.05, 0) is 54.7 Å². The molecule has 5 nitrogen and oxygen atoms in total. The highest BCUT2D eigenvalue weighted by Crippen LogP contribution is 2.36. The van der Waals surface area contributed by atoms with E-state index < -0.39 is 16.6 Å². The predicted octanol–water partition coefficient (Wildman–Crippen LogP) is 5.71. The van der Waals surface area contributed by atoms with Gasteiger partial charge in [0.25, 0.3) is 11.8 Å². The van der Waals surface area contributed by atoms with Crippen molar-refractivity contribution in [2.24, 2.45) is 11.8 Å². The lowest BCUT2D eigenvalue weighted by Gasteiger charge is -2.34. The zero-order valence-electron chi connectivity index (χ0n) is 20.4. The van der Waals surface area contributed by atoms with Crippen molar-refractivity contribution in [2.45, 2.75) is 55.5 Å². The second-order valence-electron chi connectivity index (χ2n) is 9.78. The summed E-state index contributed by atoms with van der Waals surface area (Å²) in [4.78, 5) is 29.2. The van der Waals surface area contributed by atoms with Gasteiger partial charge in [-0.1, -0.05) is 57.0 Å². The van der Waals surface area contributed by atoms with E-state index in [0.717, 1.165) is 19.3 Å². The van der Waals surface area contributed by atoms with Gasteiger partial charge in [-0.2, -0.15) is 0 Å². The number of carbonyl (C=O) groups is 2. The number of rotatable bonds is 4. The minimum Gasteiger partial charge on any atom is -0.349 e. The summed E-state index contributed by atoms with van der Waals surface area (Å²) in [7, 11) is -1.64. The monoisotopic (exact) mass is 504 g/mol. The van der Waals surface area contributed by atoms with Gasteiger partial charge in [-0.25, -0.2) is 8.60 Å². The summed E-state index contributed by atoms with van der Waals surface area (Å²) in [5.41, 5.74) is 1.38. The minimum absolute atomic E-state index is 0.0493. The van der Waals surface area contributed by atoms with Gasteiger partial charge in [0.2, 0.25) is 0 Å². The van der Waals surface area contributed by atoms with E-state index in [2.05, 4.69) is 19.2 Å². The first-order valence-electron chi connectivity index (χ1n) is 12.4. The largest absolute Gasteiger partial charge is 0.349 e. The highest BCUT2D eigenvalue weighted by atomic mass is 32.2. The van der Waals surface area contributed by atoms with Gasteiger partial charge < -0.3 is 10.2 Å². The van der Waals surface area contributed by atoms with Crippen LogP contribution in [-0.4, -0.2) is 22.1 Å². The molecule has 7 heteroatoms. The highest BCUT2D eigenvalue weighted by Gasteiger charge is 2.33. The van der Waals surface area contributed by atoms with Gasteiger partial charge >= 0.3 is 0 Å². The van der Waals surface area contributed by atoms with Crippen molar-refractivity contribution >= 4 is 28.3 Å². The van der Waals surface area contributed by atoms with Crippen molar-refractivity contribution in [3.05, 3.63) is 89.2 Å². The maximum Gasteiger partial charge on any atom is 0.259 e. The summed E-state index contributed by atoms with van der Waals surface area (Å²) in [5.74, 6) is -0.141. The number of benzene rings is 3. The Balaban J connectivity index is 1.56. The van der Waals surface area contributed by atoms with Crippen LogP contribution in [0.1, 0.15) is 59.4 Å². The molecule has 1 N–H and O–H groups in total. The van der Waals surface area contributed by atoms with Crippen molar-refractivity contribution in [1.29, 1.82) is 0 Å². The minimum atomic E-state index is -1.64. The number of nitrogens with zero attached hydrogens (tertiary/aromatic N) is 1. The fourth-order valence-corrected chi connectivity index (χ4v) is 6.54. The van der Waals surface area contributed by atoms with Crippen molar-refractivity contribution in [2.75, 3.05) is 4.90 Å². The molecule has 4 atom stereocenters. The Morgan fingerprint density at radius 3 is 2.58 bits per heavy atom. The molecule has 1 heterocycles. The molecular weight excluding hydrogens is 475 g/mol. The zero-order valence-corrected chi connectivity index (χ0v) is 21.2. The lowest BCUT2D eigenvalue weighted by Crippen LogP contribution is -2.43. The number of hydrogen-bond acceptors (Lipinski definition) is 3. The van der Waals surface area contributed by atoms with E-state index in [1.54, 1.807) is 60.7 Å². The fraction of sp³-hybridized carbons (Fsp3) is 0.310. The number of fused-ring (bicyclic) bond motifs is 2. The summed E-state index contributed by atoms with van der Waals surface area (Å²) in [6, 6.07) is 18.0. The van der Waals surface area contributed by atoms with Gasteiger partial charge in [0.1, 0.15) is 5.82 Å². The Hall–Kier alpha value is -3.32. The highest BCUT2D eigenvalue weighted by molar-refractivity contribution is 7.85. The van der Waals surface area contributed by atoms with Crippen molar-refractivity contribution in [1.82, 2.24) is 5.32 Å². The maximum absolute atomic E-state index is 14.6. The SMILES string of the molecule is C[C@@H]1[C@H](C)CCC[C@@H]1NC(=O)c1ccc2c(c1)N(Cc1ccccc1F)C(=O)c1ccccc1[S@@]2=O. The molecular formula is C29H29FN2O3S. The first-order valence-corrected chi connectivity index (χ1v) is 13.5. The van der Waals surface area contributed by atoms with Crippen LogP contribution < -0.4 is 10.2 Å². The molecule has 0 radical (unpaired) electrons. The summed E-state index contributed by atoms with van der Waals surface area (Å²) < 4.78 is 28.2. The Bertz CT molecular complexity index is 1360. The van der Waals surface area contributed by atoms with Crippen molar-refractivity contribution in [3.63, 3.8) is 0 Å². The standard InChI is InChI=1S/C29H29FN2O3S/c1-18-8-7-12-24(19(18)2)31-28(33)20-14-15-27-25(16-20)32(17-21-9-3-5-11-23(21)30)29(34)22-10-4-6-13-26(22)36(27)35/h3-6,9-11,13-16,18-19,24H,7-8,12,17H2,1-2H3,(H,31,33)/t18-,19-,24+,36+/m1/s1. The van der Waals surface area contributed by atoms with Crippen LogP contribution in [0.4, 0.5) is 10.1 Å². The second kappa shape index (κ2) is 9.97. The molecule has 0 aromatic heterocycles. The Morgan fingerprint density at radius 2 is 1.78 bits per heavy atom. The molecule has 2 amide bonds. The number of hydrogen-bond donors (Lipinski definition) is 1. The molecule has 5 rings (SSSR count). The zero-order chi connectivity index (χ0) is 25.4. The normalized spacial score (nSPS) is 23.4. The fourth-order valence-electron chi connectivity index (χ4n) is 5.20. The first-order chi connectivity index (χ1) is 17.3. The molecule has 3 aromatic carbocycles. The van der Waals surface area contributed by atoms with Crippen LogP contribution in [0, 0.1) is 17.7 Å². The van der Waals surface area contributed by atoms with E-state index in [-0.39, 0.29) is 24.4 Å². The number of anilines is 1. The molecule has 1 aliphatic heterocycles. The number of amides is 2. The summed E-state index contributed by atoms with van der Waals surface area (Å²) in [6.45, 7) is 4.33. The molecule has 1 fully saturated rings. The predicted molar refractivity (Wildman–Crippen MR) is 138 cm³/mol. The topological polar surface area (TPSA) is 66.5 Å². The number of halogens is 1. The first kappa shape index (κ1) is 24.4. The van der Waals surface area contributed by atoms with E-state index in [1.807, 2.05) is 0 Å². The van der Waals surface area contributed by atoms with Gasteiger partial charge in [-0.3, -0.25) is 9.59 Å². The lowest BCUT2D eigenvalue weighted by atomic mass is 9.78. The Kier molecular flexibility index (Phi) is 6.75. The van der Waals surface area contributed by atoms with Crippen LogP contribution in [-0.2, 0) is 17.3 Å². The van der Waals surface area contributed by atoms with E-state index in [9.17, 15) is 18.2 Å². The molecule has 0 bridgehead atoms. The van der Waals surface area contributed by atoms with Gasteiger partial charge in [0, 0.05) is 17.2 Å². The maximum atomic E-state index is 14.6. The molecule has 0 saturated heterocycles. The summed E-state index contributed by atoms with van der Waals surface area (Å²) in [5, 5.41) is 3.17. The van der Waals surface area contributed by atoms with E-state index in [1.165, 1.54) is 11.0 Å². The molecule has 1 saturated carbocycles. The molecule has 2 aliphatic rings. The summed E-state index contributed by atoms with van der Waals surface area (Å²) >= 11 is 0. The second-order valence-corrected chi connectivity index (χ2v) is 11.2. The van der Waals surface area contributed by atoms with Gasteiger partial charge in [0.15, 0.2) is 0 Å². The molecule has 186 valence electrons. The van der Waals surface area contributed by atoms with Gasteiger partial charge in [0.05, 0.1) is 38.4 Å². The van der Waals surface area contributed by atoms with E-state index in [0.29, 0.717) is 44.0 Å². The van der Waals surface area contributed by atoms with E-state index in [4.69, 9.17) is 0 Å². The smallest absolute Gasteiger partial charge is 0.259 e. The molecule has 1 aliphatic carbocycles. The van der Waals surface area contributed by atoms with Crippen LogP contribution in [0.2, 0.25) is 0 Å². The molecule has 0 unspecified atom stereocenters. The van der Waals surface area contributed by atoms with Crippen molar-refractivity contribution < 1.29 is 18.2 Å². The van der Waals surface area contributed by atoms with E-state index >= 15 is 0 Å².